The molecule has 3 aromatic rings. The van der Waals surface area contributed by atoms with Crippen molar-refractivity contribution in [3.63, 3.8) is 0 Å². The highest BCUT2D eigenvalue weighted by molar-refractivity contribution is 7.90. The lowest BCUT2D eigenvalue weighted by Crippen LogP contribution is -2.44. The molecule has 45 heavy (non-hydrogen) atoms. The minimum atomic E-state index is -3.37. The predicted octanol–water partition coefficient (Wildman–Crippen LogP) is 4.92. The summed E-state index contributed by atoms with van der Waals surface area (Å²) in [6.07, 6.45) is 5.46. The molecular formula is C36H42N4O4S. The molecule has 2 amide bonds. The summed E-state index contributed by atoms with van der Waals surface area (Å²) in [5.41, 5.74) is 6.40. The predicted molar refractivity (Wildman–Crippen MR) is 177 cm³/mol. The second kappa shape index (κ2) is 13.8. The van der Waals surface area contributed by atoms with Crippen molar-refractivity contribution in [2.24, 2.45) is 0 Å². The molecule has 8 nitrogen and oxygen atoms in total. The van der Waals surface area contributed by atoms with Crippen LogP contribution in [0.2, 0.25) is 0 Å². The molecule has 0 aromatic heterocycles. The van der Waals surface area contributed by atoms with Crippen molar-refractivity contribution in [1.29, 1.82) is 0 Å². The van der Waals surface area contributed by atoms with Crippen LogP contribution in [0.4, 0.5) is 0 Å². The van der Waals surface area contributed by atoms with Crippen molar-refractivity contribution in [2.75, 3.05) is 32.4 Å². The molecule has 5 rings (SSSR count). The fourth-order valence-electron chi connectivity index (χ4n) is 6.96. The van der Waals surface area contributed by atoms with Gasteiger partial charge in [-0.2, -0.15) is 0 Å². The van der Waals surface area contributed by atoms with Gasteiger partial charge >= 0.3 is 0 Å². The Morgan fingerprint density at radius 2 is 1.47 bits per heavy atom. The van der Waals surface area contributed by atoms with Gasteiger partial charge in [0.05, 0.1) is 22.2 Å². The third kappa shape index (κ3) is 6.89. The standard InChI is InChI=1S/C36H42N4O4S/c1-27-34(37-25-41)33(29-15-17-32(18-16-29)45(3,43)44)35(28(2)38-27)40(26-42)22-10-21-39-23-19-36(20-24-39,30-11-6-4-7-12-30)31-13-8-5-9-14-31/h4-9,11-18,25-26,33,38H,10,19-24H2,1-3H3,(H,37,41). The number of hydrogen-bond donors (Lipinski definition) is 2. The van der Waals surface area contributed by atoms with E-state index in [0.29, 0.717) is 18.7 Å². The molecule has 9 heteroatoms. The number of sulfone groups is 1. The molecule has 1 atom stereocenters. The van der Waals surface area contributed by atoms with Gasteiger partial charge in [0.15, 0.2) is 9.84 Å². The Bertz CT molecular complexity index is 1620. The van der Waals surface area contributed by atoms with Gasteiger partial charge in [-0.1, -0.05) is 72.8 Å². The van der Waals surface area contributed by atoms with Crippen LogP contribution in [0.3, 0.4) is 0 Å². The average Bonchev–Trinajstić information content (AvgIpc) is 3.05. The lowest BCUT2D eigenvalue weighted by Gasteiger charge is -2.43. The van der Waals surface area contributed by atoms with Gasteiger partial charge in [0, 0.05) is 29.6 Å². The van der Waals surface area contributed by atoms with E-state index in [4.69, 9.17) is 0 Å². The molecule has 1 unspecified atom stereocenters. The maximum atomic E-state index is 12.6. The molecule has 1 saturated heterocycles. The maximum Gasteiger partial charge on any atom is 0.213 e. The van der Waals surface area contributed by atoms with Gasteiger partial charge in [0.2, 0.25) is 12.8 Å². The number of rotatable bonds is 12. The molecule has 0 radical (unpaired) electrons. The Balaban J connectivity index is 1.31. The van der Waals surface area contributed by atoms with Crippen LogP contribution in [0.1, 0.15) is 55.7 Å². The molecule has 0 saturated carbocycles. The van der Waals surface area contributed by atoms with Gasteiger partial charge in [-0.25, -0.2) is 8.42 Å². The summed E-state index contributed by atoms with van der Waals surface area (Å²) in [6, 6.07) is 28.2. The first-order valence-electron chi connectivity index (χ1n) is 15.4. The van der Waals surface area contributed by atoms with Crippen LogP contribution in [0.15, 0.2) is 113 Å². The first kappa shape index (κ1) is 32.2. The van der Waals surface area contributed by atoms with Gasteiger partial charge in [-0.05, 0) is 81.6 Å². The maximum absolute atomic E-state index is 12.6. The summed E-state index contributed by atoms with van der Waals surface area (Å²) in [5.74, 6) is -0.456. The van der Waals surface area contributed by atoms with Crippen molar-refractivity contribution in [1.82, 2.24) is 20.4 Å². The smallest absolute Gasteiger partial charge is 0.213 e. The van der Waals surface area contributed by atoms with Crippen LogP contribution >= 0.6 is 0 Å². The van der Waals surface area contributed by atoms with Crippen LogP contribution in [-0.2, 0) is 24.8 Å². The quantitative estimate of drug-likeness (QED) is 0.277. The summed E-state index contributed by atoms with van der Waals surface area (Å²) >= 11 is 0. The lowest BCUT2D eigenvalue weighted by molar-refractivity contribution is -0.116. The third-order valence-electron chi connectivity index (χ3n) is 9.25. The largest absolute Gasteiger partial charge is 0.360 e. The first-order chi connectivity index (χ1) is 21.7. The fourth-order valence-corrected chi connectivity index (χ4v) is 7.59. The molecule has 0 bridgehead atoms. The Morgan fingerprint density at radius 3 is 1.98 bits per heavy atom. The van der Waals surface area contributed by atoms with E-state index >= 15 is 0 Å². The van der Waals surface area contributed by atoms with E-state index in [9.17, 15) is 18.0 Å². The number of carbonyl (C=O) groups excluding carboxylic acids is 2. The minimum absolute atomic E-state index is 0.0183. The summed E-state index contributed by atoms with van der Waals surface area (Å²) < 4.78 is 24.2. The topological polar surface area (TPSA) is 98.8 Å². The normalized spacial score (nSPS) is 18.7. The van der Waals surface area contributed by atoms with Crippen molar-refractivity contribution in [3.05, 3.63) is 124 Å². The van der Waals surface area contributed by atoms with Crippen molar-refractivity contribution in [3.8, 4) is 0 Å². The van der Waals surface area contributed by atoms with Gasteiger partial charge in [-0.3, -0.25) is 9.59 Å². The number of likely N-dealkylation sites (tertiary alicyclic amines) is 1. The van der Waals surface area contributed by atoms with Gasteiger partial charge in [0.25, 0.3) is 0 Å². The van der Waals surface area contributed by atoms with Crippen molar-refractivity contribution < 1.29 is 18.0 Å². The number of hydrogen-bond acceptors (Lipinski definition) is 6. The molecule has 2 heterocycles. The minimum Gasteiger partial charge on any atom is -0.360 e. The molecule has 0 aliphatic carbocycles. The fraction of sp³-hybridized carbons (Fsp3) is 0.333. The summed E-state index contributed by atoms with van der Waals surface area (Å²) in [5, 5.41) is 6.16. The monoisotopic (exact) mass is 626 g/mol. The highest BCUT2D eigenvalue weighted by Crippen LogP contribution is 2.42. The van der Waals surface area contributed by atoms with E-state index in [-0.39, 0.29) is 10.3 Å². The van der Waals surface area contributed by atoms with Crippen molar-refractivity contribution in [2.45, 2.75) is 49.3 Å². The molecule has 2 aliphatic rings. The van der Waals surface area contributed by atoms with E-state index in [2.05, 4.69) is 76.2 Å². The van der Waals surface area contributed by atoms with Gasteiger partial charge in [0.1, 0.15) is 0 Å². The molecule has 236 valence electrons. The molecule has 3 aromatic carbocycles. The highest BCUT2D eigenvalue weighted by Gasteiger charge is 2.38. The zero-order chi connectivity index (χ0) is 32.0. The SMILES string of the molecule is CC1=C(NC=O)C(c2ccc(S(C)(=O)=O)cc2)C(N(C=O)CCCN2CCC(c3ccccc3)(c3ccccc3)CC2)=C(C)N1. The first-order valence-corrected chi connectivity index (χ1v) is 17.3. The van der Waals surface area contributed by atoms with Crippen LogP contribution < -0.4 is 10.6 Å². The van der Waals surface area contributed by atoms with E-state index in [1.165, 1.54) is 17.4 Å². The van der Waals surface area contributed by atoms with Crippen molar-refractivity contribution >= 4 is 22.7 Å². The zero-order valence-electron chi connectivity index (χ0n) is 26.2. The summed E-state index contributed by atoms with van der Waals surface area (Å²) in [7, 11) is -3.37. The second-order valence-electron chi connectivity index (χ2n) is 12.0. The van der Waals surface area contributed by atoms with Crippen LogP contribution in [0.5, 0.6) is 0 Å². The molecule has 1 fully saturated rings. The Kier molecular flexibility index (Phi) is 9.90. The number of benzene rings is 3. The van der Waals surface area contributed by atoms with Crippen LogP contribution in [0, 0.1) is 0 Å². The highest BCUT2D eigenvalue weighted by atomic mass is 32.2. The lowest BCUT2D eigenvalue weighted by atomic mass is 9.68. The van der Waals surface area contributed by atoms with Gasteiger partial charge < -0.3 is 20.4 Å². The zero-order valence-corrected chi connectivity index (χ0v) is 27.0. The number of carbonyl (C=O) groups is 2. The number of piperidine rings is 1. The van der Waals surface area contributed by atoms with Crippen LogP contribution in [-0.4, -0.2) is 63.5 Å². The summed E-state index contributed by atoms with van der Waals surface area (Å²) in [6.45, 7) is 7.06. The summed E-state index contributed by atoms with van der Waals surface area (Å²) in [4.78, 5) is 28.6. The Labute approximate surface area is 266 Å². The van der Waals surface area contributed by atoms with Gasteiger partial charge in [-0.15, -0.1) is 0 Å². The Morgan fingerprint density at radius 1 is 0.889 bits per heavy atom. The number of allylic oxidation sites excluding steroid dienone is 2. The van der Waals surface area contributed by atoms with E-state index in [1.54, 1.807) is 29.2 Å². The third-order valence-corrected chi connectivity index (χ3v) is 10.4. The Hall–Kier alpha value is -4.21. The number of nitrogens with zero attached hydrogens (tertiary/aromatic N) is 2. The average molecular weight is 627 g/mol. The van der Waals surface area contributed by atoms with Crippen LogP contribution in [0.25, 0.3) is 0 Å². The van der Waals surface area contributed by atoms with E-state index in [0.717, 1.165) is 68.0 Å². The molecule has 2 aliphatic heterocycles. The molecule has 0 spiro atoms. The second-order valence-corrected chi connectivity index (χ2v) is 14.0. The number of amides is 2. The van der Waals surface area contributed by atoms with E-state index < -0.39 is 15.8 Å². The number of dihydropyridines is 1. The molecule has 2 N–H and O–H groups in total. The van der Waals surface area contributed by atoms with E-state index in [1.807, 2.05) is 13.8 Å². The molecular weight excluding hydrogens is 584 g/mol. The number of nitrogens with one attached hydrogen (secondary N) is 2.